The third kappa shape index (κ3) is 3.58. The summed E-state index contributed by atoms with van der Waals surface area (Å²) in [6.45, 7) is 2.44. The van der Waals surface area contributed by atoms with Crippen molar-refractivity contribution < 1.29 is 9.53 Å². The minimum atomic E-state index is -0.0700. The van der Waals surface area contributed by atoms with Gasteiger partial charge in [0.2, 0.25) is 0 Å². The number of hydrogen-bond donors (Lipinski definition) is 0. The number of ketones is 1. The Balaban J connectivity index is 2.07. The first-order chi connectivity index (χ1) is 9.20. The molecule has 0 bridgehead atoms. The van der Waals surface area contributed by atoms with E-state index in [2.05, 4.69) is 0 Å². The molecule has 0 amide bonds. The van der Waals surface area contributed by atoms with Gasteiger partial charge < -0.3 is 4.74 Å². The lowest BCUT2D eigenvalue weighted by molar-refractivity contribution is 0.102. The Morgan fingerprint density at radius 1 is 1.16 bits per heavy atom. The number of carbonyl (C=O) groups is 1. The van der Waals surface area contributed by atoms with Gasteiger partial charge in [0.1, 0.15) is 12.4 Å². The smallest absolute Gasteiger partial charge is 0.177 e. The van der Waals surface area contributed by atoms with E-state index < -0.39 is 0 Å². The highest BCUT2D eigenvalue weighted by Gasteiger charge is 2.07. The molecule has 0 N–H and O–H groups in total. The summed E-state index contributed by atoms with van der Waals surface area (Å²) < 4.78 is 5.75. The van der Waals surface area contributed by atoms with Crippen LogP contribution in [0.15, 0.2) is 48.5 Å². The van der Waals surface area contributed by atoms with Crippen LogP contribution in [0.25, 0.3) is 0 Å². The molecule has 3 heteroatoms. The quantitative estimate of drug-likeness (QED) is 0.609. The van der Waals surface area contributed by atoms with Gasteiger partial charge in [-0.1, -0.05) is 30.3 Å². The number of aryl methyl sites for hydroxylation is 1. The average molecular weight is 275 g/mol. The fraction of sp³-hybridized carbons (Fsp3) is 0.188. The van der Waals surface area contributed by atoms with Crippen LogP contribution >= 0.6 is 11.6 Å². The zero-order valence-corrected chi connectivity index (χ0v) is 11.5. The summed E-state index contributed by atoms with van der Waals surface area (Å²) >= 11 is 5.54. The van der Waals surface area contributed by atoms with E-state index in [1.165, 1.54) is 0 Å². The molecule has 0 aromatic heterocycles. The van der Waals surface area contributed by atoms with Crippen molar-refractivity contribution in [1.82, 2.24) is 0 Å². The van der Waals surface area contributed by atoms with Crippen molar-refractivity contribution in [3.8, 4) is 5.75 Å². The Hall–Kier alpha value is -1.80. The summed E-state index contributed by atoms with van der Waals surface area (Å²) in [5, 5.41) is 0. The largest absolute Gasteiger partial charge is 0.489 e. The third-order valence-corrected chi connectivity index (χ3v) is 3.10. The van der Waals surface area contributed by atoms with E-state index in [-0.39, 0.29) is 11.7 Å². The van der Waals surface area contributed by atoms with Crippen molar-refractivity contribution in [2.24, 2.45) is 0 Å². The van der Waals surface area contributed by atoms with Crippen molar-refractivity contribution >= 4 is 17.4 Å². The van der Waals surface area contributed by atoms with E-state index in [9.17, 15) is 4.79 Å². The van der Waals surface area contributed by atoms with E-state index in [0.717, 1.165) is 16.9 Å². The van der Waals surface area contributed by atoms with Crippen LogP contribution in [0.5, 0.6) is 5.75 Å². The second-order valence-corrected chi connectivity index (χ2v) is 4.58. The molecule has 0 unspecified atom stereocenters. The van der Waals surface area contributed by atoms with E-state index in [1.807, 2.05) is 49.4 Å². The van der Waals surface area contributed by atoms with Gasteiger partial charge in [0, 0.05) is 5.56 Å². The number of rotatable bonds is 5. The molecule has 0 heterocycles. The van der Waals surface area contributed by atoms with Gasteiger partial charge in [0.25, 0.3) is 0 Å². The molecule has 2 aromatic carbocycles. The zero-order valence-electron chi connectivity index (χ0n) is 10.7. The van der Waals surface area contributed by atoms with Gasteiger partial charge in [0.05, 0.1) is 5.88 Å². The van der Waals surface area contributed by atoms with Gasteiger partial charge in [-0.3, -0.25) is 4.79 Å². The highest BCUT2D eigenvalue weighted by molar-refractivity contribution is 6.30. The zero-order chi connectivity index (χ0) is 13.7. The van der Waals surface area contributed by atoms with Crippen molar-refractivity contribution in [3.05, 3.63) is 65.2 Å². The van der Waals surface area contributed by atoms with Gasteiger partial charge >= 0.3 is 0 Å². The average Bonchev–Trinajstić information content (AvgIpc) is 2.46. The summed E-state index contributed by atoms with van der Waals surface area (Å²) in [4.78, 5) is 11.5. The van der Waals surface area contributed by atoms with Crippen LogP contribution < -0.4 is 4.74 Å². The maximum absolute atomic E-state index is 11.5. The molecule has 0 radical (unpaired) electrons. The molecule has 2 aromatic rings. The molecule has 19 heavy (non-hydrogen) atoms. The van der Waals surface area contributed by atoms with E-state index in [0.29, 0.717) is 12.2 Å². The molecule has 2 rings (SSSR count). The highest BCUT2D eigenvalue weighted by Crippen LogP contribution is 2.21. The van der Waals surface area contributed by atoms with Crippen LogP contribution in [0, 0.1) is 6.92 Å². The summed E-state index contributed by atoms with van der Waals surface area (Å²) in [5.74, 6) is 0.721. The van der Waals surface area contributed by atoms with Gasteiger partial charge in [0.15, 0.2) is 5.78 Å². The second-order valence-electron chi connectivity index (χ2n) is 4.31. The van der Waals surface area contributed by atoms with Gasteiger partial charge in [-0.2, -0.15) is 0 Å². The van der Waals surface area contributed by atoms with Crippen LogP contribution in [0.4, 0.5) is 0 Å². The molecule has 0 spiro atoms. The molecule has 98 valence electrons. The number of ether oxygens (including phenoxy) is 1. The topological polar surface area (TPSA) is 26.3 Å². The summed E-state index contributed by atoms with van der Waals surface area (Å²) in [6.07, 6.45) is 0. The van der Waals surface area contributed by atoms with Crippen LogP contribution in [-0.4, -0.2) is 11.7 Å². The van der Waals surface area contributed by atoms with Crippen molar-refractivity contribution in [2.75, 3.05) is 5.88 Å². The first-order valence-corrected chi connectivity index (χ1v) is 6.60. The van der Waals surface area contributed by atoms with Crippen molar-refractivity contribution in [1.29, 1.82) is 0 Å². The third-order valence-electron chi connectivity index (χ3n) is 2.86. The Bertz CT molecular complexity index is 564. The minimum Gasteiger partial charge on any atom is -0.489 e. The van der Waals surface area contributed by atoms with Gasteiger partial charge in [-0.15, -0.1) is 11.6 Å². The first-order valence-electron chi connectivity index (χ1n) is 6.07. The molecule has 0 aliphatic heterocycles. The summed E-state index contributed by atoms with van der Waals surface area (Å²) in [5.41, 5.74) is 2.68. The molecular weight excluding hydrogens is 260 g/mol. The Labute approximate surface area is 118 Å². The van der Waals surface area contributed by atoms with Crippen LogP contribution in [0.1, 0.15) is 21.5 Å². The number of alkyl halides is 1. The predicted molar refractivity (Wildman–Crippen MR) is 77.0 cm³/mol. The standard InChI is InChI=1S/C16H15ClO2/c1-12-9-14(15(18)10-17)7-8-16(12)19-11-13-5-3-2-4-6-13/h2-9H,10-11H2,1H3. The Morgan fingerprint density at radius 2 is 1.89 bits per heavy atom. The molecule has 0 fully saturated rings. The van der Waals surface area contributed by atoms with E-state index in [1.54, 1.807) is 6.07 Å². The molecule has 0 saturated carbocycles. The molecule has 0 aliphatic rings. The molecule has 0 saturated heterocycles. The molecule has 0 aliphatic carbocycles. The van der Waals surface area contributed by atoms with Crippen molar-refractivity contribution in [3.63, 3.8) is 0 Å². The van der Waals surface area contributed by atoms with Crippen molar-refractivity contribution in [2.45, 2.75) is 13.5 Å². The van der Waals surface area contributed by atoms with E-state index in [4.69, 9.17) is 16.3 Å². The van der Waals surface area contributed by atoms with Crippen LogP contribution in [-0.2, 0) is 6.61 Å². The predicted octanol–water partition coefficient (Wildman–Crippen LogP) is 4.00. The minimum absolute atomic E-state index is 0.00363. The highest BCUT2D eigenvalue weighted by atomic mass is 35.5. The molecular formula is C16H15ClO2. The molecule has 2 nitrogen and oxygen atoms in total. The maximum Gasteiger partial charge on any atom is 0.177 e. The Kier molecular flexibility index (Phi) is 4.58. The normalized spacial score (nSPS) is 10.2. The van der Waals surface area contributed by atoms with E-state index >= 15 is 0 Å². The lowest BCUT2D eigenvalue weighted by Crippen LogP contribution is -2.02. The van der Waals surface area contributed by atoms with Gasteiger partial charge in [-0.25, -0.2) is 0 Å². The summed E-state index contributed by atoms with van der Waals surface area (Å²) in [7, 11) is 0. The number of hydrogen-bond acceptors (Lipinski definition) is 2. The fourth-order valence-electron chi connectivity index (χ4n) is 1.80. The number of Topliss-reactive ketones (excluding diaryl/α,β-unsaturated/α-hetero) is 1. The molecule has 0 atom stereocenters. The first kappa shape index (κ1) is 13.6. The summed E-state index contributed by atoms with van der Waals surface area (Å²) in [6, 6.07) is 15.3. The lowest BCUT2D eigenvalue weighted by Gasteiger charge is -2.10. The second kappa shape index (κ2) is 6.39. The number of carbonyl (C=O) groups excluding carboxylic acids is 1. The van der Waals surface area contributed by atoms with Gasteiger partial charge in [-0.05, 0) is 36.2 Å². The lowest BCUT2D eigenvalue weighted by atomic mass is 10.1. The monoisotopic (exact) mass is 274 g/mol. The fourth-order valence-corrected chi connectivity index (χ4v) is 1.95. The SMILES string of the molecule is Cc1cc(C(=O)CCl)ccc1OCc1ccccc1. The van der Waals surface area contributed by atoms with Crippen LogP contribution in [0.3, 0.4) is 0 Å². The Morgan fingerprint density at radius 3 is 2.53 bits per heavy atom. The number of halogens is 1. The number of benzene rings is 2. The maximum atomic E-state index is 11.5. The van der Waals surface area contributed by atoms with Crippen LogP contribution in [0.2, 0.25) is 0 Å².